The van der Waals surface area contributed by atoms with Crippen LogP contribution in [0.4, 0.5) is 5.13 Å². The molecule has 184 valence electrons. The number of thioether (sulfide) groups is 1. The quantitative estimate of drug-likeness (QED) is 0.124. The normalized spacial score (nSPS) is 22.5. The molecule has 3 rings (SSSR count). The number of carboxylic acid groups (broad SMARTS) is 2. The van der Waals surface area contributed by atoms with Gasteiger partial charge in [-0.2, -0.15) is 0 Å². The summed E-state index contributed by atoms with van der Waals surface area (Å²) in [7, 11) is 0. The summed E-state index contributed by atoms with van der Waals surface area (Å²) in [6.07, 6.45) is 1.67. The number of thiazole rings is 1. The number of carboxylic acids is 2. The van der Waals surface area contributed by atoms with Crippen LogP contribution in [0.3, 0.4) is 0 Å². The number of amides is 2. The van der Waals surface area contributed by atoms with Gasteiger partial charge >= 0.3 is 11.9 Å². The van der Waals surface area contributed by atoms with Crippen LogP contribution in [0.15, 0.2) is 22.2 Å². The molecule has 11 N–H and O–H groups in total. The Labute approximate surface area is 194 Å². The van der Waals surface area contributed by atoms with E-state index in [9.17, 15) is 24.3 Å². The highest BCUT2D eigenvalue weighted by Crippen LogP contribution is 2.40. The van der Waals surface area contributed by atoms with Crippen LogP contribution in [0.2, 0.25) is 0 Å². The zero-order valence-corrected chi connectivity index (χ0v) is 18.6. The molecule has 1 aromatic heterocycles. The molecule has 2 aliphatic rings. The number of carbonyl (C=O) groups excluding carboxylic acids is 2. The van der Waals surface area contributed by atoms with Crippen LogP contribution in [-0.2, 0) is 24.0 Å². The first-order chi connectivity index (χ1) is 14.2. The van der Waals surface area contributed by atoms with Crippen LogP contribution in [0.1, 0.15) is 12.6 Å². The van der Waals surface area contributed by atoms with Gasteiger partial charge in [0.1, 0.15) is 17.1 Å². The second-order valence-electron chi connectivity index (χ2n) is 6.18. The van der Waals surface area contributed by atoms with Gasteiger partial charge in [-0.1, -0.05) is 11.2 Å². The molecule has 33 heavy (non-hydrogen) atoms. The summed E-state index contributed by atoms with van der Waals surface area (Å²) < 4.78 is 0. The molecular weight excluding hydrogens is 486 g/mol. The van der Waals surface area contributed by atoms with Crippen LogP contribution >= 0.6 is 23.1 Å². The molecule has 15 nitrogen and oxygen atoms in total. The van der Waals surface area contributed by atoms with Crippen LogP contribution in [0.5, 0.6) is 0 Å². The number of fused-ring (bicyclic) bond motifs is 1. The van der Waals surface area contributed by atoms with E-state index in [4.69, 9.17) is 10.8 Å². The van der Waals surface area contributed by atoms with Crippen LogP contribution in [0, 0.1) is 0 Å². The molecule has 17 heteroatoms. The molecular formula is C16H23N5O10S2. The number of hydrogen-bond donors (Lipinski definition) is 4. The van der Waals surface area contributed by atoms with Crippen molar-refractivity contribution < 1.29 is 50.7 Å². The monoisotopic (exact) mass is 509 g/mol. The van der Waals surface area contributed by atoms with Gasteiger partial charge in [0.2, 0.25) is 12.5 Å². The van der Waals surface area contributed by atoms with Crippen molar-refractivity contribution in [2.45, 2.75) is 24.4 Å². The van der Waals surface area contributed by atoms with Crippen molar-refractivity contribution in [1.29, 1.82) is 0 Å². The number of nitrogens with zero attached hydrogens (tertiary/aromatic N) is 3. The summed E-state index contributed by atoms with van der Waals surface area (Å²) in [5.41, 5.74) is 5.88. The summed E-state index contributed by atoms with van der Waals surface area (Å²) in [5, 5.41) is 25.2. The number of hydrogen-bond acceptors (Lipinski definition) is 10. The van der Waals surface area contributed by atoms with Crippen LogP contribution in [-0.4, -0.2) is 95.8 Å². The summed E-state index contributed by atoms with van der Waals surface area (Å²) in [5.74, 6) is -3.41. The fraction of sp³-hybridized carbons (Fsp3) is 0.375. The van der Waals surface area contributed by atoms with Gasteiger partial charge in [-0.25, -0.2) is 14.6 Å². The lowest BCUT2D eigenvalue weighted by Crippen LogP contribution is -2.75. The number of nitrogens with two attached hydrogens (primary N) is 1. The average molecular weight is 510 g/mol. The number of β-lactam (4-membered cyclic amide) rings is 1. The van der Waals surface area contributed by atoms with Crippen molar-refractivity contribution in [3.8, 4) is 0 Å². The first-order valence-corrected chi connectivity index (χ1v) is 10.4. The average Bonchev–Trinajstić information content (AvgIpc) is 3.13. The van der Waals surface area contributed by atoms with E-state index in [0.717, 1.165) is 11.3 Å². The number of carbonyl (C=O) groups is 4. The highest BCUT2D eigenvalue weighted by atomic mass is 32.2. The maximum Gasteiger partial charge on any atom is 0.344 e. The Morgan fingerprint density at radius 2 is 2.03 bits per heavy atom. The van der Waals surface area contributed by atoms with Crippen molar-refractivity contribution >= 4 is 57.7 Å². The van der Waals surface area contributed by atoms with E-state index in [1.54, 1.807) is 13.0 Å². The van der Waals surface area contributed by atoms with Crippen molar-refractivity contribution in [1.82, 2.24) is 15.2 Å². The van der Waals surface area contributed by atoms with Gasteiger partial charge in [0, 0.05) is 11.1 Å². The first-order valence-electron chi connectivity index (χ1n) is 8.50. The third-order valence-electron chi connectivity index (χ3n) is 4.34. The van der Waals surface area contributed by atoms with Crippen LogP contribution in [0.25, 0.3) is 0 Å². The lowest BCUT2D eigenvalue weighted by molar-refractivity contribution is -0.159. The Morgan fingerprint density at radius 1 is 1.36 bits per heavy atom. The summed E-state index contributed by atoms with van der Waals surface area (Å²) >= 11 is 2.37. The summed E-state index contributed by atoms with van der Waals surface area (Å²) in [4.78, 5) is 57.4. The number of aromatic nitrogens is 1. The number of aliphatic carboxylic acids is 2. The molecule has 0 aromatic carbocycles. The zero-order chi connectivity index (χ0) is 22.0. The van der Waals surface area contributed by atoms with Gasteiger partial charge < -0.3 is 47.4 Å². The highest BCUT2D eigenvalue weighted by molar-refractivity contribution is 8.00. The Hall–Kier alpha value is -3.25. The first kappa shape index (κ1) is 29.8. The minimum absolute atomic E-state index is 0. The van der Waals surface area contributed by atoms with Crippen molar-refractivity contribution in [3.63, 3.8) is 0 Å². The Morgan fingerprint density at radius 3 is 2.55 bits per heavy atom. The predicted octanol–water partition coefficient (Wildman–Crippen LogP) is -3.14. The topological polar surface area (TPSA) is 279 Å². The fourth-order valence-electron chi connectivity index (χ4n) is 2.99. The second kappa shape index (κ2) is 12.1. The third-order valence-corrected chi connectivity index (χ3v) is 6.36. The number of anilines is 1. The lowest BCUT2D eigenvalue weighted by atomic mass is 9.97. The van der Waals surface area contributed by atoms with Gasteiger partial charge in [0.05, 0.1) is 0 Å². The molecule has 0 saturated carbocycles. The predicted molar refractivity (Wildman–Crippen MR) is 118 cm³/mol. The molecule has 2 aliphatic heterocycles. The zero-order valence-electron chi connectivity index (χ0n) is 17.0. The van der Waals surface area contributed by atoms with E-state index < -0.39 is 47.8 Å². The number of nitrogen functional groups attached to an aromatic ring is 1. The van der Waals surface area contributed by atoms with E-state index in [0.29, 0.717) is 11.3 Å². The molecule has 0 aliphatic carbocycles. The minimum atomic E-state index is -1.29. The number of nitrogens with one attached hydrogen (secondary N) is 1. The molecule has 1 unspecified atom stereocenters. The number of allylic oxidation sites excluding steroid dienone is 1. The van der Waals surface area contributed by atoms with E-state index >= 15 is 0 Å². The van der Waals surface area contributed by atoms with Gasteiger partial charge in [-0.3, -0.25) is 9.59 Å². The van der Waals surface area contributed by atoms with Gasteiger partial charge in [-0.15, -0.1) is 23.1 Å². The Balaban J connectivity index is 0.00000341. The molecule has 0 radical (unpaired) electrons. The second-order valence-corrected chi connectivity index (χ2v) is 8.18. The molecule has 2 saturated heterocycles. The molecule has 2 fully saturated rings. The Bertz CT molecular complexity index is 965. The molecule has 3 heterocycles. The number of oxime groups is 1. The van der Waals surface area contributed by atoms with Crippen molar-refractivity contribution in [2.24, 2.45) is 5.16 Å². The third kappa shape index (κ3) is 5.96. The molecule has 0 spiro atoms. The molecule has 0 bridgehead atoms. The summed E-state index contributed by atoms with van der Waals surface area (Å²) in [6, 6.07) is -2.05. The molecule has 3 atom stereocenters. The standard InChI is InChI=1S/C16H17N5O7S2.3H2O/c1-2-6-4-29-14-10(13(25)21(14)11(6)15(26)27)19-12(24)9(20-28-3-8(22)23)7-5-30-16(17)18-7;;;/h2,5,10-11,14H,3-4H2,1H3,(H2,17,18)(H,19,24)(H,22,23)(H,26,27);3*1H2/b6-2?,20-9-;;;/t10-,11?,14-;;;/m1.../s1. The SMILES string of the molecule is CC=C1CS[C@@H]2[C@H](NC(=O)/C(=N\OCC(=O)O)c3csc(N)n3)C(=O)N2C1C(=O)O.O.O.O. The maximum atomic E-state index is 12.7. The lowest BCUT2D eigenvalue weighted by Gasteiger charge is -2.52. The van der Waals surface area contributed by atoms with Gasteiger partial charge in [0.15, 0.2) is 16.9 Å². The smallest absolute Gasteiger partial charge is 0.344 e. The number of rotatable bonds is 7. The van der Waals surface area contributed by atoms with Gasteiger partial charge in [0.25, 0.3) is 5.91 Å². The summed E-state index contributed by atoms with van der Waals surface area (Å²) in [6.45, 7) is 0.923. The van der Waals surface area contributed by atoms with E-state index in [2.05, 4.69) is 20.3 Å². The molecule has 1 aromatic rings. The Kier molecular flexibility index (Phi) is 10.9. The van der Waals surface area contributed by atoms with Crippen molar-refractivity contribution in [3.05, 3.63) is 22.7 Å². The maximum absolute atomic E-state index is 12.7. The van der Waals surface area contributed by atoms with Crippen LogP contribution < -0.4 is 11.1 Å². The van der Waals surface area contributed by atoms with Gasteiger partial charge in [-0.05, 0) is 12.5 Å². The van der Waals surface area contributed by atoms with Crippen molar-refractivity contribution in [2.75, 3.05) is 18.1 Å². The largest absolute Gasteiger partial charge is 0.479 e. The van der Waals surface area contributed by atoms with E-state index in [-0.39, 0.29) is 33.0 Å². The minimum Gasteiger partial charge on any atom is -0.479 e. The fourth-order valence-corrected chi connectivity index (χ4v) is 4.99. The van der Waals surface area contributed by atoms with E-state index in [1.807, 2.05) is 0 Å². The van der Waals surface area contributed by atoms with E-state index in [1.165, 1.54) is 22.0 Å². The highest BCUT2D eigenvalue weighted by Gasteiger charge is 2.56. The molecule has 2 amide bonds.